The number of Topliss-reactive ketones (excluding diaryl/α,β-unsaturated/α-hetero) is 1. The van der Waals surface area contributed by atoms with Gasteiger partial charge >= 0.3 is 0 Å². The van der Waals surface area contributed by atoms with E-state index in [1.165, 1.54) is 0 Å². The lowest BCUT2D eigenvalue weighted by Gasteiger charge is -1.95. The first kappa shape index (κ1) is 12.6. The number of carbonyl (C=O) groups is 2. The van der Waals surface area contributed by atoms with Gasteiger partial charge < -0.3 is 0 Å². The molecule has 0 saturated carbocycles. The third-order valence-electron chi connectivity index (χ3n) is 1.95. The van der Waals surface area contributed by atoms with Gasteiger partial charge in [-0.2, -0.15) is 0 Å². The monoisotopic (exact) mass is 282 g/mol. The summed E-state index contributed by atoms with van der Waals surface area (Å²) in [6.45, 7) is 0. The number of rotatable bonds is 4. The molecule has 0 aliphatic heterocycles. The largest absolute Gasteiger partial charge is 0.294 e. The van der Waals surface area contributed by atoms with Crippen LogP contribution in [0.3, 0.4) is 0 Å². The SMILES string of the molecule is O=C(CCl)C(=O)Nc1nnc(-c2ccncc2)s1. The quantitative estimate of drug-likeness (QED) is 0.676. The molecule has 2 heterocycles. The van der Waals surface area contributed by atoms with Gasteiger partial charge in [0.05, 0.1) is 5.88 Å². The van der Waals surface area contributed by atoms with Crippen LogP contribution in [0.4, 0.5) is 5.13 Å². The number of nitrogens with one attached hydrogen (secondary N) is 1. The van der Waals surface area contributed by atoms with E-state index in [0.717, 1.165) is 16.9 Å². The molecule has 1 N–H and O–H groups in total. The normalized spacial score (nSPS) is 10.1. The lowest BCUT2D eigenvalue weighted by atomic mass is 10.3. The van der Waals surface area contributed by atoms with Crippen LogP contribution in [-0.4, -0.2) is 32.8 Å². The van der Waals surface area contributed by atoms with E-state index in [0.29, 0.717) is 5.01 Å². The average molecular weight is 283 g/mol. The number of amides is 1. The van der Waals surface area contributed by atoms with Gasteiger partial charge in [0.2, 0.25) is 10.9 Å². The highest BCUT2D eigenvalue weighted by Gasteiger charge is 2.15. The Balaban J connectivity index is 2.12. The van der Waals surface area contributed by atoms with E-state index in [9.17, 15) is 9.59 Å². The highest BCUT2D eigenvalue weighted by atomic mass is 35.5. The van der Waals surface area contributed by atoms with Crippen LogP contribution in [0, 0.1) is 0 Å². The van der Waals surface area contributed by atoms with Crippen LogP contribution >= 0.6 is 22.9 Å². The molecule has 2 rings (SSSR count). The van der Waals surface area contributed by atoms with Crippen molar-refractivity contribution in [3.8, 4) is 10.6 Å². The highest BCUT2D eigenvalue weighted by Crippen LogP contribution is 2.25. The Kier molecular flexibility index (Phi) is 3.96. The van der Waals surface area contributed by atoms with Crippen LogP contribution in [0.1, 0.15) is 0 Å². The predicted molar refractivity (Wildman–Crippen MR) is 67.5 cm³/mol. The molecule has 18 heavy (non-hydrogen) atoms. The van der Waals surface area contributed by atoms with Crippen LogP contribution in [-0.2, 0) is 9.59 Å². The zero-order chi connectivity index (χ0) is 13.0. The van der Waals surface area contributed by atoms with Crippen LogP contribution in [0.15, 0.2) is 24.5 Å². The minimum atomic E-state index is -0.789. The lowest BCUT2D eigenvalue weighted by molar-refractivity contribution is -0.133. The van der Waals surface area contributed by atoms with Crippen LogP contribution < -0.4 is 5.32 Å². The molecule has 8 heteroatoms. The summed E-state index contributed by atoms with van der Waals surface area (Å²) in [7, 11) is 0. The van der Waals surface area contributed by atoms with Gasteiger partial charge in [0, 0.05) is 18.0 Å². The minimum Gasteiger partial charge on any atom is -0.294 e. The fourth-order valence-corrected chi connectivity index (χ4v) is 1.98. The van der Waals surface area contributed by atoms with Crippen molar-refractivity contribution in [2.75, 3.05) is 11.2 Å². The number of ketones is 1. The highest BCUT2D eigenvalue weighted by molar-refractivity contribution is 7.18. The Labute approximate surface area is 111 Å². The number of halogens is 1. The molecule has 0 unspecified atom stereocenters. The van der Waals surface area contributed by atoms with Gasteiger partial charge in [0.25, 0.3) is 5.91 Å². The van der Waals surface area contributed by atoms with E-state index in [-0.39, 0.29) is 11.0 Å². The van der Waals surface area contributed by atoms with Gasteiger partial charge in [-0.15, -0.1) is 21.8 Å². The summed E-state index contributed by atoms with van der Waals surface area (Å²) in [6.07, 6.45) is 3.26. The van der Waals surface area contributed by atoms with E-state index in [1.54, 1.807) is 24.5 Å². The van der Waals surface area contributed by atoms with Gasteiger partial charge in [-0.05, 0) is 12.1 Å². The van der Waals surface area contributed by atoms with Crippen molar-refractivity contribution in [2.24, 2.45) is 0 Å². The molecule has 0 spiro atoms. The number of pyridine rings is 1. The number of nitrogens with zero attached hydrogens (tertiary/aromatic N) is 3. The Morgan fingerprint density at radius 1 is 1.28 bits per heavy atom. The Morgan fingerprint density at radius 2 is 2.00 bits per heavy atom. The van der Waals surface area contributed by atoms with Crippen molar-refractivity contribution in [1.82, 2.24) is 15.2 Å². The molecule has 0 aliphatic carbocycles. The van der Waals surface area contributed by atoms with Crippen LogP contribution in [0.5, 0.6) is 0 Å². The first-order chi connectivity index (χ1) is 8.70. The second-order valence-electron chi connectivity index (χ2n) is 3.16. The third kappa shape index (κ3) is 2.88. The maximum Gasteiger partial charge on any atom is 0.294 e. The molecular formula is C10H7ClN4O2S. The lowest BCUT2D eigenvalue weighted by Crippen LogP contribution is -2.23. The van der Waals surface area contributed by atoms with Crippen molar-refractivity contribution in [3.63, 3.8) is 0 Å². The molecule has 0 aromatic carbocycles. The standard InChI is InChI=1S/C10H7ClN4O2S/c11-5-7(16)8(17)13-10-15-14-9(18-10)6-1-3-12-4-2-6/h1-4H,5H2,(H,13,15,17). The maximum atomic E-state index is 11.3. The number of anilines is 1. The molecule has 0 saturated heterocycles. The summed E-state index contributed by atoms with van der Waals surface area (Å²) in [6, 6.07) is 3.55. The minimum absolute atomic E-state index is 0.255. The molecule has 6 nitrogen and oxygen atoms in total. The summed E-state index contributed by atoms with van der Waals surface area (Å²) >= 11 is 6.43. The van der Waals surface area contributed by atoms with Gasteiger partial charge in [0.1, 0.15) is 5.01 Å². The number of hydrogen-bond acceptors (Lipinski definition) is 6. The van der Waals surface area contributed by atoms with Crippen molar-refractivity contribution >= 4 is 39.8 Å². The van der Waals surface area contributed by atoms with Crippen molar-refractivity contribution in [2.45, 2.75) is 0 Å². The molecule has 92 valence electrons. The number of hydrogen-bond donors (Lipinski definition) is 1. The van der Waals surface area contributed by atoms with Gasteiger partial charge in [-0.1, -0.05) is 11.3 Å². The maximum absolute atomic E-state index is 11.3. The van der Waals surface area contributed by atoms with Crippen LogP contribution in [0.25, 0.3) is 10.6 Å². The smallest absolute Gasteiger partial charge is 0.294 e. The molecular weight excluding hydrogens is 276 g/mol. The van der Waals surface area contributed by atoms with Gasteiger partial charge in [-0.25, -0.2) is 0 Å². The molecule has 1 amide bonds. The molecule has 0 bridgehead atoms. The molecule has 0 aliphatic rings. The summed E-state index contributed by atoms with van der Waals surface area (Å²) < 4.78 is 0. The summed E-state index contributed by atoms with van der Waals surface area (Å²) in [5.41, 5.74) is 0.840. The van der Waals surface area contributed by atoms with Gasteiger partial charge in [-0.3, -0.25) is 19.9 Å². The second kappa shape index (κ2) is 5.65. The Morgan fingerprint density at radius 3 is 2.67 bits per heavy atom. The fraction of sp³-hybridized carbons (Fsp3) is 0.100. The molecule has 2 aromatic heterocycles. The van der Waals surface area contributed by atoms with Crippen LogP contribution in [0.2, 0.25) is 0 Å². The molecule has 0 atom stereocenters. The van der Waals surface area contributed by atoms with E-state index in [4.69, 9.17) is 11.6 Å². The predicted octanol–water partition coefficient (Wildman–Crippen LogP) is 1.35. The molecule has 0 fully saturated rings. The first-order valence-corrected chi connectivity index (χ1v) is 6.20. The van der Waals surface area contributed by atoms with Crippen molar-refractivity contribution in [3.05, 3.63) is 24.5 Å². The zero-order valence-electron chi connectivity index (χ0n) is 8.96. The molecule has 0 radical (unpaired) electrons. The fourth-order valence-electron chi connectivity index (χ4n) is 1.11. The van der Waals surface area contributed by atoms with E-state index >= 15 is 0 Å². The second-order valence-corrected chi connectivity index (χ2v) is 4.40. The van der Waals surface area contributed by atoms with E-state index in [1.807, 2.05) is 0 Å². The zero-order valence-corrected chi connectivity index (χ0v) is 10.5. The van der Waals surface area contributed by atoms with Crippen molar-refractivity contribution < 1.29 is 9.59 Å². The average Bonchev–Trinajstić information content (AvgIpc) is 2.87. The van der Waals surface area contributed by atoms with Crippen molar-refractivity contribution in [1.29, 1.82) is 0 Å². The number of carbonyl (C=O) groups excluding carboxylic acids is 2. The summed E-state index contributed by atoms with van der Waals surface area (Å²) in [4.78, 5) is 26.2. The Bertz CT molecular complexity index is 572. The number of aromatic nitrogens is 3. The van der Waals surface area contributed by atoms with Gasteiger partial charge in [0.15, 0.2) is 0 Å². The van der Waals surface area contributed by atoms with E-state index in [2.05, 4.69) is 20.5 Å². The Hall–Kier alpha value is -1.86. The molecule has 2 aromatic rings. The van der Waals surface area contributed by atoms with E-state index < -0.39 is 11.7 Å². The first-order valence-electron chi connectivity index (χ1n) is 4.84. The summed E-state index contributed by atoms with van der Waals surface area (Å²) in [5, 5.41) is 10.9. The topological polar surface area (TPSA) is 84.8 Å². The summed E-state index contributed by atoms with van der Waals surface area (Å²) in [5.74, 6) is -1.86. The number of alkyl halides is 1. The third-order valence-corrected chi connectivity index (χ3v) is 3.08.